The van der Waals surface area contributed by atoms with Crippen LogP contribution in [0.25, 0.3) is 5.69 Å². The summed E-state index contributed by atoms with van der Waals surface area (Å²) in [6.07, 6.45) is 6.19. The van der Waals surface area contributed by atoms with Gasteiger partial charge in [0.25, 0.3) is 0 Å². The number of nitrogens with one attached hydrogen (secondary N) is 1. The summed E-state index contributed by atoms with van der Waals surface area (Å²) < 4.78 is 2.06. The Morgan fingerprint density at radius 1 is 1.21 bits per heavy atom. The van der Waals surface area contributed by atoms with Crippen molar-refractivity contribution in [3.05, 3.63) is 40.0 Å². The molecule has 0 unspecified atom stereocenters. The van der Waals surface area contributed by atoms with Crippen molar-refractivity contribution in [1.29, 1.82) is 0 Å². The molecule has 1 fully saturated rings. The van der Waals surface area contributed by atoms with Crippen LogP contribution in [0.5, 0.6) is 0 Å². The van der Waals surface area contributed by atoms with Gasteiger partial charge in [0.2, 0.25) is 0 Å². The third-order valence-electron chi connectivity index (χ3n) is 5.25. The normalized spacial score (nSPS) is 17.8. The average molecular weight is 345 g/mol. The number of benzene rings is 1. The van der Waals surface area contributed by atoms with E-state index in [1.54, 1.807) is 0 Å². The van der Waals surface area contributed by atoms with Gasteiger partial charge in [-0.05, 0) is 57.0 Å². The van der Waals surface area contributed by atoms with E-state index in [4.69, 9.17) is 16.7 Å². The van der Waals surface area contributed by atoms with Crippen LogP contribution >= 0.6 is 11.6 Å². The zero-order valence-electron chi connectivity index (χ0n) is 14.3. The van der Waals surface area contributed by atoms with Gasteiger partial charge < -0.3 is 10.2 Å². The summed E-state index contributed by atoms with van der Waals surface area (Å²) in [5.74, 6) is 1.16. The van der Waals surface area contributed by atoms with Crippen LogP contribution in [0, 0.1) is 6.92 Å². The third-order valence-corrected chi connectivity index (χ3v) is 5.48. The SMILES string of the molecule is Cc1ccc(Cl)cc1-n1nc(CCN2CCCCC2)c2c1NCC2. The largest absolute Gasteiger partial charge is 0.369 e. The number of nitrogens with zero attached hydrogens (tertiary/aromatic N) is 3. The van der Waals surface area contributed by atoms with Gasteiger partial charge in [-0.25, -0.2) is 4.68 Å². The molecule has 2 aromatic rings. The molecule has 24 heavy (non-hydrogen) atoms. The van der Waals surface area contributed by atoms with Gasteiger partial charge in [-0.1, -0.05) is 24.1 Å². The summed E-state index contributed by atoms with van der Waals surface area (Å²) in [4.78, 5) is 2.59. The summed E-state index contributed by atoms with van der Waals surface area (Å²) in [7, 11) is 0. The number of rotatable bonds is 4. The first-order valence-corrected chi connectivity index (χ1v) is 9.44. The fraction of sp³-hybridized carbons (Fsp3) is 0.526. The molecule has 128 valence electrons. The molecule has 1 aromatic carbocycles. The number of aromatic nitrogens is 2. The van der Waals surface area contributed by atoms with Gasteiger partial charge in [0, 0.05) is 30.1 Å². The second kappa shape index (κ2) is 6.77. The van der Waals surface area contributed by atoms with E-state index in [0.29, 0.717) is 0 Å². The minimum absolute atomic E-state index is 0.757. The Morgan fingerprint density at radius 2 is 2.04 bits per heavy atom. The topological polar surface area (TPSA) is 33.1 Å². The third kappa shape index (κ3) is 3.05. The first-order chi connectivity index (χ1) is 11.7. The smallest absolute Gasteiger partial charge is 0.133 e. The average Bonchev–Trinajstić information content (AvgIpc) is 3.19. The molecular weight excluding hydrogens is 320 g/mol. The Hall–Kier alpha value is -1.52. The van der Waals surface area contributed by atoms with Crippen LogP contribution in [0.2, 0.25) is 5.02 Å². The van der Waals surface area contributed by atoms with Crippen molar-refractivity contribution in [2.75, 3.05) is 31.5 Å². The maximum absolute atomic E-state index is 6.22. The first kappa shape index (κ1) is 16.0. The summed E-state index contributed by atoms with van der Waals surface area (Å²) in [6, 6.07) is 6.02. The van der Waals surface area contributed by atoms with E-state index in [1.807, 2.05) is 12.1 Å². The number of fused-ring (bicyclic) bond motifs is 1. The predicted molar refractivity (Wildman–Crippen MR) is 99.5 cm³/mol. The van der Waals surface area contributed by atoms with E-state index >= 15 is 0 Å². The van der Waals surface area contributed by atoms with Crippen molar-refractivity contribution < 1.29 is 0 Å². The number of piperidine rings is 1. The molecule has 1 saturated heterocycles. The summed E-state index contributed by atoms with van der Waals surface area (Å²) >= 11 is 6.22. The maximum atomic E-state index is 6.22. The van der Waals surface area contributed by atoms with Crippen LogP contribution in [0.3, 0.4) is 0 Å². The number of anilines is 1. The number of aryl methyl sites for hydroxylation is 1. The zero-order chi connectivity index (χ0) is 16.5. The van der Waals surface area contributed by atoms with E-state index in [9.17, 15) is 0 Å². The lowest BCUT2D eigenvalue weighted by Crippen LogP contribution is -2.31. The quantitative estimate of drug-likeness (QED) is 0.915. The van der Waals surface area contributed by atoms with Gasteiger partial charge in [-0.2, -0.15) is 5.10 Å². The Kier molecular flexibility index (Phi) is 4.51. The van der Waals surface area contributed by atoms with Gasteiger partial charge >= 0.3 is 0 Å². The zero-order valence-corrected chi connectivity index (χ0v) is 15.1. The molecule has 4 rings (SSSR count). The molecule has 1 aromatic heterocycles. The Morgan fingerprint density at radius 3 is 2.88 bits per heavy atom. The fourth-order valence-electron chi connectivity index (χ4n) is 3.88. The van der Waals surface area contributed by atoms with Crippen LogP contribution in [0.4, 0.5) is 5.82 Å². The lowest BCUT2D eigenvalue weighted by molar-refractivity contribution is 0.230. The van der Waals surface area contributed by atoms with Gasteiger partial charge in [0.15, 0.2) is 0 Å². The van der Waals surface area contributed by atoms with Gasteiger partial charge in [-0.3, -0.25) is 0 Å². The predicted octanol–water partition coefficient (Wildman–Crippen LogP) is 3.83. The number of halogens is 1. The standard InChI is InChI=1S/C19H25ClN4/c1-14-5-6-15(20)13-18(14)24-19-16(7-9-21-19)17(22-24)8-12-23-10-3-2-4-11-23/h5-6,13,21H,2-4,7-12H2,1H3. The Balaban J connectivity index is 1.61. The molecule has 2 aliphatic rings. The lowest BCUT2D eigenvalue weighted by Gasteiger charge is -2.26. The summed E-state index contributed by atoms with van der Waals surface area (Å²) in [5.41, 5.74) is 4.92. The minimum atomic E-state index is 0.757. The molecule has 0 spiro atoms. The lowest BCUT2D eigenvalue weighted by atomic mass is 10.1. The molecule has 5 heteroatoms. The van der Waals surface area contributed by atoms with Crippen molar-refractivity contribution in [2.24, 2.45) is 0 Å². The summed E-state index contributed by atoms with van der Waals surface area (Å²) in [5, 5.41) is 9.23. The molecule has 2 aliphatic heterocycles. The maximum Gasteiger partial charge on any atom is 0.133 e. The fourth-order valence-corrected chi connectivity index (χ4v) is 4.05. The van der Waals surface area contributed by atoms with E-state index in [0.717, 1.165) is 42.5 Å². The molecule has 1 N–H and O–H groups in total. The molecule has 0 saturated carbocycles. The van der Waals surface area contributed by atoms with Crippen LogP contribution in [-0.2, 0) is 12.8 Å². The molecule has 4 nitrogen and oxygen atoms in total. The Labute approximate surface area is 148 Å². The molecule has 0 bridgehead atoms. The van der Waals surface area contributed by atoms with Gasteiger partial charge in [-0.15, -0.1) is 0 Å². The monoisotopic (exact) mass is 344 g/mol. The molecule has 0 amide bonds. The van der Waals surface area contributed by atoms with Crippen molar-refractivity contribution in [3.63, 3.8) is 0 Å². The highest BCUT2D eigenvalue weighted by Gasteiger charge is 2.24. The molecule has 0 aliphatic carbocycles. The molecule has 0 radical (unpaired) electrons. The second-order valence-electron chi connectivity index (χ2n) is 6.95. The first-order valence-electron chi connectivity index (χ1n) is 9.06. The van der Waals surface area contributed by atoms with Crippen LogP contribution in [0.15, 0.2) is 18.2 Å². The molecule has 3 heterocycles. The van der Waals surface area contributed by atoms with Gasteiger partial charge in [0.05, 0.1) is 11.4 Å². The van der Waals surface area contributed by atoms with Crippen LogP contribution < -0.4 is 5.32 Å². The molecular formula is C19H25ClN4. The number of hydrogen-bond acceptors (Lipinski definition) is 3. The highest BCUT2D eigenvalue weighted by atomic mass is 35.5. The Bertz CT molecular complexity index is 731. The van der Waals surface area contributed by atoms with E-state index in [-0.39, 0.29) is 0 Å². The second-order valence-corrected chi connectivity index (χ2v) is 7.38. The van der Waals surface area contributed by atoms with Crippen LogP contribution in [-0.4, -0.2) is 40.9 Å². The minimum Gasteiger partial charge on any atom is -0.369 e. The number of likely N-dealkylation sites (tertiary alicyclic amines) is 1. The van der Waals surface area contributed by atoms with Gasteiger partial charge in [0.1, 0.15) is 5.82 Å². The van der Waals surface area contributed by atoms with E-state index in [2.05, 4.69) is 27.9 Å². The van der Waals surface area contributed by atoms with Crippen molar-refractivity contribution in [3.8, 4) is 5.69 Å². The van der Waals surface area contributed by atoms with Crippen LogP contribution in [0.1, 0.15) is 36.1 Å². The van der Waals surface area contributed by atoms with E-state index < -0.39 is 0 Å². The van der Waals surface area contributed by atoms with Crippen molar-refractivity contribution in [1.82, 2.24) is 14.7 Å². The number of hydrogen-bond donors (Lipinski definition) is 1. The highest BCUT2D eigenvalue weighted by Crippen LogP contribution is 2.31. The highest BCUT2D eigenvalue weighted by molar-refractivity contribution is 6.30. The van der Waals surface area contributed by atoms with Crippen molar-refractivity contribution >= 4 is 17.4 Å². The molecule has 0 atom stereocenters. The van der Waals surface area contributed by atoms with E-state index in [1.165, 1.54) is 49.2 Å². The summed E-state index contributed by atoms with van der Waals surface area (Å²) in [6.45, 7) is 6.73. The van der Waals surface area contributed by atoms with Crippen molar-refractivity contribution in [2.45, 2.75) is 39.0 Å².